The maximum absolute atomic E-state index is 11.6. The summed E-state index contributed by atoms with van der Waals surface area (Å²) in [7, 11) is -3.36. The molecule has 82 valence electrons. The van der Waals surface area contributed by atoms with Gasteiger partial charge in [0.05, 0.1) is 4.99 Å². The number of rotatable bonds is 5. The zero-order valence-electron chi connectivity index (χ0n) is 8.36. The Bertz CT molecular complexity index is 326. The zero-order valence-corrected chi connectivity index (χ0v) is 9.99. The Labute approximate surface area is 90.3 Å². The molecule has 1 aliphatic rings. The summed E-state index contributed by atoms with van der Waals surface area (Å²) in [6.07, 6.45) is 1.94. The highest BCUT2D eigenvalue weighted by molar-refractivity contribution is 7.93. The molecular formula is C8H16N2O2S2. The highest BCUT2D eigenvalue weighted by atomic mass is 32.2. The van der Waals surface area contributed by atoms with Gasteiger partial charge in [0, 0.05) is 6.04 Å². The molecule has 3 unspecified atom stereocenters. The van der Waals surface area contributed by atoms with Crippen molar-refractivity contribution in [2.75, 3.05) is 0 Å². The van der Waals surface area contributed by atoms with Gasteiger partial charge in [0.1, 0.15) is 5.25 Å². The van der Waals surface area contributed by atoms with Crippen molar-refractivity contribution in [2.45, 2.75) is 38.0 Å². The molecule has 0 radical (unpaired) electrons. The van der Waals surface area contributed by atoms with E-state index in [2.05, 4.69) is 23.9 Å². The summed E-state index contributed by atoms with van der Waals surface area (Å²) in [6, 6.07) is 0.0989. The van der Waals surface area contributed by atoms with Crippen LogP contribution in [-0.2, 0) is 10.0 Å². The maximum atomic E-state index is 11.6. The monoisotopic (exact) mass is 236 g/mol. The summed E-state index contributed by atoms with van der Waals surface area (Å²) in [4.78, 5) is 0.0196. The largest absolute Gasteiger partial charge is 0.392 e. The Balaban J connectivity index is 2.55. The number of nitrogens with two attached hydrogens (primary N) is 1. The molecule has 0 aromatic rings. The summed E-state index contributed by atoms with van der Waals surface area (Å²) < 4.78 is 25.8. The van der Waals surface area contributed by atoms with Crippen LogP contribution >= 0.6 is 12.2 Å². The van der Waals surface area contributed by atoms with Gasteiger partial charge in [0.25, 0.3) is 0 Å². The Morgan fingerprint density at radius 2 is 2.29 bits per heavy atom. The third kappa shape index (κ3) is 2.65. The first-order valence-corrected chi connectivity index (χ1v) is 6.64. The fraction of sp³-hybridized carbons (Fsp3) is 0.875. The zero-order chi connectivity index (χ0) is 10.9. The number of sulfonamides is 1. The van der Waals surface area contributed by atoms with Gasteiger partial charge < -0.3 is 5.73 Å². The average Bonchev–Trinajstić information content (AvgIpc) is 2.80. The number of hydrogen-bond acceptors (Lipinski definition) is 3. The first kappa shape index (κ1) is 11.9. The van der Waals surface area contributed by atoms with Gasteiger partial charge >= 0.3 is 0 Å². The molecule has 1 fully saturated rings. The van der Waals surface area contributed by atoms with E-state index in [9.17, 15) is 8.42 Å². The van der Waals surface area contributed by atoms with Crippen LogP contribution in [0.4, 0.5) is 0 Å². The Kier molecular flexibility index (Phi) is 3.49. The Morgan fingerprint density at radius 1 is 1.71 bits per heavy atom. The predicted octanol–water partition coefficient (Wildman–Crippen LogP) is 0.379. The Hall–Kier alpha value is -0.200. The second kappa shape index (κ2) is 4.12. The van der Waals surface area contributed by atoms with Crippen molar-refractivity contribution in [3.05, 3.63) is 0 Å². The first-order valence-electron chi connectivity index (χ1n) is 4.69. The lowest BCUT2D eigenvalue weighted by Gasteiger charge is -2.11. The van der Waals surface area contributed by atoms with Gasteiger partial charge in [-0.3, -0.25) is 0 Å². The van der Waals surface area contributed by atoms with Gasteiger partial charge in [0.2, 0.25) is 10.0 Å². The lowest BCUT2D eigenvalue weighted by Crippen LogP contribution is -2.41. The molecule has 4 nitrogen and oxygen atoms in total. The lowest BCUT2D eigenvalue weighted by molar-refractivity contribution is 0.573. The molecule has 1 saturated carbocycles. The second-order valence-electron chi connectivity index (χ2n) is 3.72. The van der Waals surface area contributed by atoms with Crippen molar-refractivity contribution in [1.82, 2.24) is 4.72 Å². The van der Waals surface area contributed by atoms with Crippen molar-refractivity contribution in [2.24, 2.45) is 11.7 Å². The van der Waals surface area contributed by atoms with Crippen LogP contribution in [0.25, 0.3) is 0 Å². The number of nitrogens with one attached hydrogen (secondary N) is 1. The molecule has 0 saturated heterocycles. The topological polar surface area (TPSA) is 72.2 Å². The maximum Gasteiger partial charge on any atom is 0.220 e. The van der Waals surface area contributed by atoms with Crippen LogP contribution in [0.2, 0.25) is 0 Å². The quantitative estimate of drug-likeness (QED) is 0.677. The molecule has 6 heteroatoms. The van der Waals surface area contributed by atoms with E-state index in [4.69, 9.17) is 5.73 Å². The van der Waals surface area contributed by atoms with Crippen LogP contribution < -0.4 is 10.5 Å². The average molecular weight is 236 g/mol. The molecule has 1 aliphatic carbocycles. The molecule has 1 rings (SSSR count). The van der Waals surface area contributed by atoms with Crippen LogP contribution in [0, 0.1) is 5.92 Å². The summed E-state index contributed by atoms with van der Waals surface area (Å²) in [6.45, 7) is 3.56. The van der Waals surface area contributed by atoms with Gasteiger partial charge in [-0.1, -0.05) is 25.6 Å². The molecule has 0 aliphatic heterocycles. The van der Waals surface area contributed by atoms with Gasteiger partial charge in [-0.15, -0.1) is 0 Å². The van der Waals surface area contributed by atoms with Crippen LogP contribution in [0.1, 0.15) is 26.7 Å². The first-order chi connectivity index (χ1) is 6.38. The molecule has 3 N–H and O–H groups in total. The predicted molar refractivity (Wildman–Crippen MR) is 60.5 cm³/mol. The molecule has 0 amide bonds. The summed E-state index contributed by atoms with van der Waals surface area (Å²) in [5.74, 6) is 0.489. The molecule has 0 heterocycles. The molecule has 0 spiro atoms. The van der Waals surface area contributed by atoms with Crippen molar-refractivity contribution in [3.63, 3.8) is 0 Å². The fourth-order valence-electron chi connectivity index (χ4n) is 1.31. The number of thiocarbonyl (C=S) groups is 1. The van der Waals surface area contributed by atoms with E-state index in [1.165, 1.54) is 6.92 Å². The minimum atomic E-state index is -3.36. The Morgan fingerprint density at radius 3 is 2.64 bits per heavy atom. The van der Waals surface area contributed by atoms with E-state index in [1.807, 2.05) is 0 Å². The second-order valence-corrected chi connectivity index (χ2v) is 6.22. The SMILES string of the molecule is CCC1CC1NS(=O)(=O)C(C)C(N)=S. The van der Waals surface area contributed by atoms with Crippen LogP contribution in [0.3, 0.4) is 0 Å². The van der Waals surface area contributed by atoms with Gasteiger partial charge in [-0.25, -0.2) is 13.1 Å². The third-order valence-corrected chi connectivity index (χ3v) is 4.95. The normalized spacial score (nSPS) is 28.4. The van der Waals surface area contributed by atoms with Crippen LogP contribution in [-0.4, -0.2) is 24.7 Å². The molecular weight excluding hydrogens is 220 g/mol. The van der Waals surface area contributed by atoms with Crippen molar-refractivity contribution < 1.29 is 8.42 Å². The molecule has 3 atom stereocenters. The molecule has 0 bridgehead atoms. The van der Waals surface area contributed by atoms with Gasteiger partial charge in [-0.05, 0) is 19.3 Å². The van der Waals surface area contributed by atoms with Crippen molar-refractivity contribution >= 4 is 27.2 Å². The van der Waals surface area contributed by atoms with Crippen molar-refractivity contribution in [3.8, 4) is 0 Å². The highest BCUT2D eigenvalue weighted by Crippen LogP contribution is 2.33. The van der Waals surface area contributed by atoms with Gasteiger partial charge in [0.15, 0.2) is 0 Å². The van der Waals surface area contributed by atoms with Crippen LogP contribution in [0.15, 0.2) is 0 Å². The minimum Gasteiger partial charge on any atom is -0.392 e. The smallest absolute Gasteiger partial charge is 0.220 e. The van der Waals surface area contributed by atoms with E-state index in [1.54, 1.807) is 0 Å². The van der Waals surface area contributed by atoms with E-state index in [-0.39, 0.29) is 11.0 Å². The summed E-state index contributed by atoms with van der Waals surface area (Å²) in [5, 5.41) is -0.782. The standard InChI is InChI=1S/C8H16N2O2S2/c1-3-6-4-7(6)10-14(11,12)5(2)8(9)13/h5-7,10H,3-4H2,1-2H3,(H2,9,13). The molecule has 0 aromatic carbocycles. The molecule has 14 heavy (non-hydrogen) atoms. The van der Waals surface area contributed by atoms with E-state index < -0.39 is 15.3 Å². The molecule has 0 aromatic heterocycles. The summed E-state index contributed by atoms with van der Waals surface area (Å²) >= 11 is 4.66. The van der Waals surface area contributed by atoms with E-state index in [0.29, 0.717) is 5.92 Å². The third-order valence-electron chi connectivity index (χ3n) is 2.63. The lowest BCUT2D eigenvalue weighted by atomic mass is 10.3. The minimum absolute atomic E-state index is 0.0196. The van der Waals surface area contributed by atoms with E-state index >= 15 is 0 Å². The van der Waals surface area contributed by atoms with Crippen LogP contribution in [0.5, 0.6) is 0 Å². The highest BCUT2D eigenvalue weighted by Gasteiger charge is 2.39. The van der Waals surface area contributed by atoms with Gasteiger partial charge in [-0.2, -0.15) is 0 Å². The summed E-state index contributed by atoms with van der Waals surface area (Å²) in [5.41, 5.74) is 5.30. The van der Waals surface area contributed by atoms with E-state index in [0.717, 1.165) is 12.8 Å². The van der Waals surface area contributed by atoms with Crippen molar-refractivity contribution in [1.29, 1.82) is 0 Å². The fourth-order valence-corrected chi connectivity index (χ4v) is 2.91. The number of hydrogen-bond donors (Lipinski definition) is 2.